The second-order valence-electron chi connectivity index (χ2n) is 13.3. The normalized spacial score (nSPS) is 46.7. The lowest BCUT2D eigenvalue weighted by atomic mass is 9.43. The van der Waals surface area contributed by atoms with E-state index in [-0.39, 0.29) is 6.10 Å². The maximum absolute atomic E-state index is 11.2. The van der Waals surface area contributed by atoms with Crippen LogP contribution < -0.4 is 0 Å². The van der Waals surface area contributed by atoms with Gasteiger partial charge < -0.3 is 10.2 Å². The van der Waals surface area contributed by atoms with Gasteiger partial charge in [0.05, 0.1) is 11.7 Å². The van der Waals surface area contributed by atoms with E-state index in [2.05, 4.69) is 58.0 Å². The minimum Gasteiger partial charge on any atom is -0.392 e. The predicted molar refractivity (Wildman–Crippen MR) is 136 cm³/mol. The van der Waals surface area contributed by atoms with Crippen LogP contribution in [0.15, 0.2) is 30.3 Å². The quantitative estimate of drug-likeness (QED) is 0.503. The van der Waals surface area contributed by atoms with Crippen molar-refractivity contribution >= 4 is 0 Å². The third-order valence-electron chi connectivity index (χ3n) is 12.1. The number of hydrogen-bond donors (Lipinski definition) is 2. The Morgan fingerprint density at radius 3 is 2.36 bits per heavy atom. The maximum atomic E-state index is 11.2. The van der Waals surface area contributed by atoms with E-state index >= 15 is 0 Å². The largest absolute Gasteiger partial charge is 0.392 e. The van der Waals surface area contributed by atoms with Crippen LogP contribution in [0.2, 0.25) is 0 Å². The molecule has 4 saturated carbocycles. The summed E-state index contributed by atoms with van der Waals surface area (Å²) >= 11 is 0. The molecule has 184 valence electrons. The van der Waals surface area contributed by atoms with Gasteiger partial charge in [-0.05, 0) is 123 Å². The molecular weight excluding hydrogens is 404 g/mol. The van der Waals surface area contributed by atoms with E-state index < -0.39 is 5.60 Å². The highest BCUT2D eigenvalue weighted by Gasteiger charge is 2.61. The average molecular weight is 453 g/mol. The SMILES string of the molecule is CC[C@]1(O)CC[C@@]2(C)[C@@H](CC[C@@H]3[C@@H]2CC[C@]2(C)[C@@H]([C@H](C)C(O)Cc4ccccc4)CC[C@@H]32)C1. The number of aliphatic hydroxyl groups excluding tert-OH is 1. The lowest BCUT2D eigenvalue weighted by Crippen LogP contribution is -2.56. The number of hydrogen-bond acceptors (Lipinski definition) is 2. The Bertz CT molecular complexity index is 821. The first-order valence-electron chi connectivity index (χ1n) is 14.1. The molecule has 2 N–H and O–H groups in total. The molecule has 1 aromatic carbocycles. The van der Waals surface area contributed by atoms with Crippen molar-refractivity contribution in [2.24, 2.45) is 46.3 Å². The lowest BCUT2D eigenvalue weighted by Gasteiger charge is -2.62. The van der Waals surface area contributed by atoms with E-state index in [0.29, 0.717) is 28.6 Å². The first-order valence-corrected chi connectivity index (χ1v) is 14.1. The van der Waals surface area contributed by atoms with E-state index in [1.807, 2.05) is 0 Å². The Hall–Kier alpha value is -0.860. The molecule has 2 nitrogen and oxygen atoms in total. The number of rotatable bonds is 5. The zero-order chi connectivity index (χ0) is 23.4. The molecule has 0 amide bonds. The molecule has 0 bridgehead atoms. The van der Waals surface area contributed by atoms with E-state index in [0.717, 1.165) is 43.4 Å². The van der Waals surface area contributed by atoms with Gasteiger partial charge in [0.15, 0.2) is 0 Å². The molecule has 0 radical (unpaired) electrons. The molecule has 0 saturated heterocycles. The second-order valence-corrected chi connectivity index (χ2v) is 13.3. The highest BCUT2D eigenvalue weighted by Crippen LogP contribution is 2.69. The molecule has 0 spiro atoms. The van der Waals surface area contributed by atoms with E-state index in [4.69, 9.17) is 0 Å². The molecule has 10 atom stereocenters. The van der Waals surface area contributed by atoms with Gasteiger partial charge in [-0.1, -0.05) is 58.0 Å². The summed E-state index contributed by atoms with van der Waals surface area (Å²) in [5.41, 5.74) is 1.68. The van der Waals surface area contributed by atoms with Crippen LogP contribution >= 0.6 is 0 Å². The van der Waals surface area contributed by atoms with E-state index in [1.54, 1.807) is 0 Å². The number of fused-ring (bicyclic) bond motifs is 5. The Morgan fingerprint density at radius 2 is 1.64 bits per heavy atom. The van der Waals surface area contributed by atoms with Crippen LogP contribution in [0.5, 0.6) is 0 Å². The van der Waals surface area contributed by atoms with Gasteiger partial charge in [0.1, 0.15) is 0 Å². The number of aliphatic hydroxyl groups is 2. The summed E-state index contributed by atoms with van der Waals surface area (Å²) in [7, 11) is 0. The first kappa shape index (κ1) is 23.9. The van der Waals surface area contributed by atoms with Crippen molar-refractivity contribution in [3.8, 4) is 0 Å². The molecule has 2 heteroatoms. The van der Waals surface area contributed by atoms with Crippen LogP contribution in [0.25, 0.3) is 0 Å². The van der Waals surface area contributed by atoms with Gasteiger partial charge in [-0.2, -0.15) is 0 Å². The summed E-state index contributed by atoms with van der Waals surface area (Å²) < 4.78 is 0. The molecule has 0 heterocycles. The third-order valence-corrected chi connectivity index (χ3v) is 12.1. The summed E-state index contributed by atoms with van der Waals surface area (Å²) in [4.78, 5) is 0. The van der Waals surface area contributed by atoms with Crippen molar-refractivity contribution in [3.63, 3.8) is 0 Å². The highest BCUT2D eigenvalue weighted by molar-refractivity contribution is 5.16. The summed E-state index contributed by atoms with van der Waals surface area (Å²) in [6, 6.07) is 10.5. The molecule has 5 rings (SSSR count). The summed E-state index contributed by atoms with van der Waals surface area (Å²) in [5, 5.41) is 22.3. The van der Waals surface area contributed by atoms with Gasteiger partial charge in [-0.25, -0.2) is 0 Å². The second kappa shape index (κ2) is 8.66. The topological polar surface area (TPSA) is 40.5 Å². The molecule has 1 unspecified atom stereocenters. The molecular formula is C31H48O2. The predicted octanol–water partition coefficient (Wildman–Crippen LogP) is 7.03. The van der Waals surface area contributed by atoms with Crippen molar-refractivity contribution in [1.29, 1.82) is 0 Å². The van der Waals surface area contributed by atoms with Gasteiger partial charge >= 0.3 is 0 Å². The molecule has 4 aliphatic carbocycles. The Balaban J connectivity index is 1.31. The van der Waals surface area contributed by atoms with Crippen LogP contribution in [-0.2, 0) is 6.42 Å². The maximum Gasteiger partial charge on any atom is 0.0648 e. The molecule has 4 aliphatic rings. The van der Waals surface area contributed by atoms with Crippen molar-refractivity contribution in [1.82, 2.24) is 0 Å². The van der Waals surface area contributed by atoms with Gasteiger partial charge in [0.25, 0.3) is 0 Å². The fourth-order valence-corrected chi connectivity index (χ4v) is 9.86. The minimum absolute atomic E-state index is 0.246. The fourth-order valence-electron chi connectivity index (χ4n) is 9.86. The fraction of sp³-hybridized carbons (Fsp3) is 0.806. The minimum atomic E-state index is -0.400. The van der Waals surface area contributed by atoms with Crippen LogP contribution in [0.4, 0.5) is 0 Å². The molecule has 0 aromatic heterocycles. The third kappa shape index (κ3) is 3.92. The molecule has 33 heavy (non-hydrogen) atoms. The van der Waals surface area contributed by atoms with E-state index in [1.165, 1.54) is 50.5 Å². The van der Waals surface area contributed by atoms with Gasteiger partial charge in [0, 0.05) is 0 Å². The van der Waals surface area contributed by atoms with Crippen molar-refractivity contribution < 1.29 is 10.2 Å². The van der Waals surface area contributed by atoms with Crippen LogP contribution in [0.1, 0.15) is 97.5 Å². The Morgan fingerprint density at radius 1 is 0.909 bits per heavy atom. The van der Waals surface area contributed by atoms with Gasteiger partial charge in [-0.3, -0.25) is 0 Å². The molecule has 4 fully saturated rings. The summed E-state index contributed by atoms with van der Waals surface area (Å²) in [5.74, 6) is 4.26. The number of benzene rings is 1. The zero-order valence-electron chi connectivity index (χ0n) is 21.6. The van der Waals surface area contributed by atoms with Crippen molar-refractivity contribution in [2.45, 2.75) is 110 Å². The molecule has 0 aliphatic heterocycles. The van der Waals surface area contributed by atoms with Crippen LogP contribution in [0, 0.1) is 46.3 Å². The van der Waals surface area contributed by atoms with Crippen LogP contribution in [-0.4, -0.2) is 21.9 Å². The van der Waals surface area contributed by atoms with Gasteiger partial charge in [-0.15, -0.1) is 0 Å². The molecule has 1 aromatic rings. The van der Waals surface area contributed by atoms with E-state index in [9.17, 15) is 10.2 Å². The highest BCUT2D eigenvalue weighted by atomic mass is 16.3. The first-order chi connectivity index (χ1) is 15.7. The Labute approximate surface area is 202 Å². The average Bonchev–Trinajstić information content (AvgIpc) is 3.17. The van der Waals surface area contributed by atoms with Crippen molar-refractivity contribution in [3.05, 3.63) is 35.9 Å². The standard InChI is InChI=1S/C31H48O2/c1-5-31(33)18-17-29(3)23(20-31)11-12-24-26-14-13-25(30(26,4)16-15-27(24)29)21(2)28(32)19-22-9-7-6-8-10-22/h6-10,21,23-28,32-33H,5,11-20H2,1-4H3/t21-,23-,24-,25+,26-,27-,28?,29-,30+,31-/m0/s1. The summed E-state index contributed by atoms with van der Waals surface area (Å²) in [6.45, 7) is 9.71. The lowest BCUT2D eigenvalue weighted by molar-refractivity contribution is -0.154. The summed E-state index contributed by atoms with van der Waals surface area (Å²) in [6.07, 6.45) is 12.8. The smallest absolute Gasteiger partial charge is 0.0648 e. The monoisotopic (exact) mass is 452 g/mol. The van der Waals surface area contributed by atoms with Gasteiger partial charge in [0.2, 0.25) is 0 Å². The van der Waals surface area contributed by atoms with Crippen LogP contribution in [0.3, 0.4) is 0 Å². The zero-order valence-corrected chi connectivity index (χ0v) is 21.6. The Kier molecular flexibility index (Phi) is 6.26. The van der Waals surface area contributed by atoms with Crippen molar-refractivity contribution in [2.75, 3.05) is 0 Å².